The van der Waals surface area contributed by atoms with E-state index in [4.69, 9.17) is 19.7 Å². The minimum Gasteiger partial charge on any atom is -0.366 e. The van der Waals surface area contributed by atoms with Gasteiger partial charge in [0, 0.05) is 0 Å². The number of hydrogen-bond acceptors (Lipinski definition) is 6. The molecule has 0 spiro atoms. The summed E-state index contributed by atoms with van der Waals surface area (Å²) in [6, 6.07) is 0. The van der Waals surface area contributed by atoms with Crippen LogP contribution in [0.3, 0.4) is 0 Å². The Bertz CT molecular complexity index is 167. The fraction of sp³-hybridized carbons (Fsp3) is 1.00. The highest BCUT2D eigenvalue weighted by Gasteiger charge is 2.23. The van der Waals surface area contributed by atoms with E-state index < -0.39 is 7.60 Å². The summed E-state index contributed by atoms with van der Waals surface area (Å²) in [6.45, 7) is 4.66. The van der Waals surface area contributed by atoms with E-state index >= 15 is 0 Å². The van der Waals surface area contributed by atoms with Crippen molar-refractivity contribution >= 4 is 7.60 Å². The molecule has 0 amide bonds. The van der Waals surface area contributed by atoms with Crippen molar-refractivity contribution in [2.45, 2.75) is 13.8 Å². The molecule has 6 nitrogen and oxygen atoms in total. The molecule has 0 saturated heterocycles. The van der Waals surface area contributed by atoms with Gasteiger partial charge in [0.2, 0.25) is 0 Å². The van der Waals surface area contributed by atoms with Gasteiger partial charge in [-0.2, -0.15) is 0 Å². The zero-order chi connectivity index (χ0) is 10.9. The molecule has 0 bridgehead atoms. The Morgan fingerprint density at radius 3 is 2.14 bits per heavy atom. The van der Waals surface area contributed by atoms with E-state index in [1.807, 2.05) is 0 Å². The van der Waals surface area contributed by atoms with Crippen LogP contribution in [0.5, 0.6) is 0 Å². The molecule has 0 heterocycles. The summed E-state index contributed by atoms with van der Waals surface area (Å²) in [5.41, 5.74) is 0. The van der Waals surface area contributed by atoms with Crippen LogP contribution in [0.25, 0.3) is 0 Å². The van der Waals surface area contributed by atoms with Crippen LogP contribution in [-0.4, -0.2) is 32.8 Å². The first-order valence-corrected chi connectivity index (χ1v) is 6.19. The first-order chi connectivity index (χ1) is 6.68. The maximum absolute atomic E-state index is 11.7. The molecule has 14 heavy (non-hydrogen) atoms. The average molecular weight is 227 g/mol. The molecule has 0 aromatic rings. The van der Waals surface area contributed by atoms with Gasteiger partial charge in [-0.1, -0.05) is 0 Å². The van der Waals surface area contributed by atoms with E-state index in [2.05, 4.69) is 4.84 Å². The van der Waals surface area contributed by atoms with Gasteiger partial charge in [-0.15, -0.1) is 0 Å². The topological polar surface area (TPSA) is 80.0 Å². The maximum Gasteiger partial charge on any atom is 0.356 e. The predicted molar refractivity (Wildman–Crippen MR) is 51.8 cm³/mol. The molecule has 0 aliphatic heterocycles. The molecule has 7 heteroatoms. The van der Waals surface area contributed by atoms with Crippen LogP contribution in [0.15, 0.2) is 0 Å². The summed E-state index contributed by atoms with van der Waals surface area (Å²) in [7, 11) is -3.08. The molecule has 0 fully saturated rings. The van der Waals surface area contributed by atoms with Crippen molar-refractivity contribution in [1.29, 1.82) is 0 Å². The lowest BCUT2D eigenvalue weighted by Gasteiger charge is -2.16. The lowest BCUT2D eigenvalue weighted by molar-refractivity contribution is 0.0552. The van der Waals surface area contributed by atoms with Crippen LogP contribution in [0.4, 0.5) is 0 Å². The third-order valence-electron chi connectivity index (χ3n) is 1.25. The Morgan fingerprint density at radius 1 is 1.14 bits per heavy atom. The van der Waals surface area contributed by atoms with Crippen molar-refractivity contribution in [2.75, 3.05) is 32.8 Å². The summed E-state index contributed by atoms with van der Waals surface area (Å²) in [5.74, 6) is 4.78. The number of nitrogens with two attached hydrogens (primary N) is 1. The van der Waals surface area contributed by atoms with Gasteiger partial charge < -0.3 is 18.6 Å². The second kappa shape index (κ2) is 8.35. The zero-order valence-electron chi connectivity index (χ0n) is 8.60. The fourth-order valence-corrected chi connectivity index (χ4v) is 2.15. The van der Waals surface area contributed by atoms with Crippen molar-refractivity contribution in [2.24, 2.45) is 5.90 Å². The molecule has 0 aromatic heterocycles. The van der Waals surface area contributed by atoms with Crippen LogP contribution >= 0.6 is 7.60 Å². The Hall–Kier alpha value is 0.0300. The monoisotopic (exact) mass is 227 g/mol. The van der Waals surface area contributed by atoms with Gasteiger partial charge in [-0.3, -0.25) is 4.57 Å². The summed E-state index contributed by atoms with van der Waals surface area (Å²) in [4.78, 5) is 4.28. The van der Waals surface area contributed by atoms with Gasteiger partial charge in [0.25, 0.3) is 0 Å². The molecule has 0 aliphatic carbocycles. The van der Waals surface area contributed by atoms with Crippen LogP contribution < -0.4 is 5.90 Å². The van der Waals surface area contributed by atoms with Gasteiger partial charge in [0.05, 0.1) is 26.4 Å². The van der Waals surface area contributed by atoms with Crippen molar-refractivity contribution in [3.05, 3.63) is 0 Å². The summed E-state index contributed by atoms with van der Waals surface area (Å²) >= 11 is 0. The van der Waals surface area contributed by atoms with Crippen molar-refractivity contribution in [3.63, 3.8) is 0 Å². The Balaban J connectivity index is 3.78. The van der Waals surface area contributed by atoms with E-state index in [9.17, 15) is 4.57 Å². The highest BCUT2D eigenvalue weighted by molar-refractivity contribution is 7.53. The van der Waals surface area contributed by atoms with Gasteiger partial charge in [0.1, 0.15) is 6.35 Å². The van der Waals surface area contributed by atoms with Gasteiger partial charge >= 0.3 is 7.60 Å². The highest BCUT2D eigenvalue weighted by atomic mass is 31.2. The first-order valence-electron chi connectivity index (χ1n) is 4.46. The Kier molecular flexibility index (Phi) is 8.37. The molecule has 0 rings (SSSR count). The third-order valence-corrected chi connectivity index (χ3v) is 3.05. The van der Waals surface area contributed by atoms with Crippen LogP contribution in [0.1, 0.15) is 13.8 Å². The van der Waals surface area contributed by atoms with Crippen molar-refractivity contribution in [3.8, 4) is 0 Å². The molecule has 0 radical (unpaired) electrons. The van der Waals surface area contributed by atoms with Crippen LogP contribution in [0.2, 0.25) is 0 Å². The SMILES string of the molecule is CCOP(=O)(COCCON)OCC. The van der Waals surface area contributed by atoms with Gasteiger partial charge in [0.15, 0.2) is 0 Å². The summed E-state index contributed by atoms with van der Waals surface area (Å²) in [5, 5.41) is 0. The van der Waals surface area contributed by atoms with Crippen molar-refractivity contribution in [1.82, 2.24) is 0 Å². The molecular formula is C7H18NO5P. The molecular weight excluding hydrogens is 209 g/mol. The summed E-state index contributed by atoms with van der Waals surface area (Å²) in [6.07, 6.45) is -0.0714. The number of hydrogen-bond donors (Lipinski definition) is 1. The fourth-order valence-electron chi connectivity index (χ4n) is 0.789. The highest BCUT2D eigenvalue weighted by Crippen LogP contribution is 2.47. The Morgan fingerprint density at radius 2 is 1.71 bits per heavy atom. The maximum atomic E-state index is 11.7. The molecule has 0 saturated carbocycles. The molecule has 0 unspecified atom stereocenters. The van der Waals surface area contributed by atoms with E-state index in [0.29, 0.717) is 13.2 Å². The Labute approximate surface area is 84.1 Å². The lowest BCUT2D eigenvalue weighted by Crippen LogP contribution is -2.10. The second-order valence-electron chi connectivity index (χ2n) is 2.35. The minimum atomic E-state index is -3.08. The molecule has 2 N–H and O–H groups in total. The average Bonchev–Trinajstić information content (AvgIpc) is 2.13. The molecule has 0 aliphatic rings. The lowest BCUT2D eigenvalue weighted by atomic mass is 10.8. The van der Waals surface area contributed by atoms with Crippen LogP contribution in [-0.2, 0) is 23.2 Å². The van der Waals surface area contributed by atoms with E-state index in [1.165, 1.54) is 0 Å². The zero-order valence-corrected chi connectivity index (χ0v) is 9.50. The smallest absolute Gasteiger partial charge is 0.356 e. The second-order valence-corrected chi connectivity index (χ2v) is 4.35. The third kappa shape index (κ3) is 6.48. The minimum absolute atomic E-state index is 0.0714. The largest absolute Gasteiger partial charge is 0.366 e. The standard InChI is InChI=1S/C7H18NO5P/c1-3-12-14(9,13-4-2)7-10-5-6-11-8/h3-8H2,1-2H3. The molecule has 86 valence electrons. The van der Waals surface area contributed by atoms with Gasteiger partial charge in [-0.25, -0.2) is 5.90 Å². The van der Waals surface area contributed by atoms with E-state index in [0.717, 1.165) is 0 Å². The predicted octanol–water partition coefficient (Wildman–Crippen LogP) is 1.12. The van der Waals surface area contributed by atoms with Crippen molar-refractivity contribution < 1.29 is 23.2 Å². The van der Waals surface area contributed by atoms with E-state index in [1.54, 1.807) is 13.8 Å². The molecule has 0 atom stereocenters. The number of ether oxygens (including phenoxy) is 1. The van der Waals surface area contributed by atoms with Crippen LogP contribution in [0, 0.1) is 0 Å². The van der Waals surface area contributed by atoms with Gasteiger partial charge in [-0.05, 0) is 13.8 Å². The quantitative estimate of drug-likeness (QED) is 0.361. The first kappa shape index (κ1) is 14.0. The normalized spacial score (nSPS) is 11.9. The number of rotatable bonds is 9. The molecule has 0 aromatic carbocycles. The van der Waals surface area contributed by atoms with E-state index in [-0.39, 0.29) is 19.6 Å². The summed E-state index contributed by atoms with van der Waals surface area (Å²) < 4.78 is 26.7.